The van der Waals surface area contributed by atoms with E-state index in [4.69, 9.17) is 14.2 Å². The lowest BCUT2D eigenvalue weighted by molar-refractivity contribution is 0.0951. The van der Waals surface area contributed by atoms with Crippen molar-refractivity contribution in [1.29, 1.82) is 0 Å². The van der Waals surface area contributed by atoms with Crippen LogP contribution in [0.25, 0.3) is 0 Å². The van der Waals surface area contributed by atoms with E-state index in [1.807, 2.05) is 18.2 Å². The topological polar surface area (TPSA) is 112 Å². The largest absolute Gasteiger partial charge is 0.497 e. The van der Waals surface area contributed by atoms with E-state index in [1.165, 1.54) is 0 Å². The highest BCUT2D eigenvalue weighted by Gasteiger charge is 2.17. The molecular formula is C21H22N4O5S. The number of aromatic nitrogens is 2. The van der Waals surface area contributed by atoms with Crippen LogP contribution in [-0.2, 0) is 6.42 Å². The second-order valence-corrected chi connectivity index (χ2v) is 7.27. The van der Waals surface area contributed by atoms with Gasteiger partial charge in [-0.05, 0) is 48.4 Å². The molecule has 10 heteroatoms. The monoisotopic (exact) mass is 442 g/mol. The normalized spacial score (nSPS) is 10.3. The first-order valence-electron chi connectivity index (χ1n) is 9.32. The number of amides is 2. The van der Waals surface area contributed by atoms with Crippen LogP contribution < -0.4 is 24.8 Å². The molecule has 0 saturated carbocycles. The number of hydrogen-bond acceptors (Lipinski definition) is 8. The lowest BCUT2D eigenvalue weighted by Gasteiger charge is -2.09. The van der Waals surface area contributed by atoms with Gasteiger partial charge in [0, 0.05) is 12.2 Å². The number of rotatable bonds is 9. The van der Waals surface area contributed by atoms with Crippen LogP contribution in [0.15, 0.2) is 42.5 Å². The first-order chi connectivity index (χ1) is 15.0. The van der Waals surface area contributed by atoms with E-state index in [-0.39, 0.29) is 15.9 Å². The van der Waals surface area contributed by atoms with Crippen LogP contribution in [-0.4, -0.2) is 49.9 Å². The minimum atomic E-state index is -0.438. The molecule has 0 bridgehead atoms. The van der Waals surface area contributed by atoms with Crippen molar-refractivity contribution in [2.75, 3.05) is 33.2 Å². The van der Waals surface area contributed by atoms with Crippen LogP contribution in [0.5, 0.6) is 17.2 Å². The molecule has 2 N–H and O–H groups in total. The van der Waals surface area contributed by atoms with Crippen LogP contribution in [0, 0.1) is 0 Å². The van der Waals surface area contributed by atoms with E-state index in [0.29, 0.717) is 35.9 Å². The Morgan fingerprint density at radius 3 is 2.19 bits per heavy atom. The highest BCUT2D eigenvalue weighted by atomic mass is 32.1. The van der Waals surface area contributed by atoms with Gasteiger partial charge in [-0.15, -0.1) is 10.2 Å². The molecule has 9 nitrogen and oxygen atoms in total. The molecule has 3 rings (SSSR count). The number of hydrogen-bond donors (Lipinski definition) is 2. The molecule has 0 aliphatic heterocycles. The van der Waals surface area contributed by atoms with E-state index >= 15 is 0 Å². The Balaban J connectivity index is 1.53. The molecule has 31 heavy (non-hydrogen) atoms. The average Bonchev–Trinajstić information content (AvgIpc) is 3.30. The van der Waals surface area contributed by atoms with Gasteiger partial charge < -0.3 is 24.8 Å². The first kappa shape index (κ1) is 22.0. The van der Waals surface area contributed by atoms with Crippen molar-refractivity contribution in [2.45, 2.75) is 6.42 Å². The molecule has 1 aromatic heterocycles. The minimum Gasteiger partial charge on any atom is -0.497 e. The summed E-state index contributed by atoms with van der Waals surface area (Å²) in [5.41, 5.74) is 1.57. The van der Waals surface area contributed by atoms with Crippen molar-refractivity contribution in [3.8, 4) is 17.2 Å². The van der Waals surface area contributed by atoms with Crippen LogP contribution in [0.3, 0.4) is 0 Å². The number of nitrogens with zero attached hydrogens (tertiary/aromatic N) is 2. The zero-order chi connectivity index (χ0) is 22.2. The van der Waals surface area contributed by atoms with Gasteiger partial charge in [-0.2, -0.15) is 0 Å². The Kier molecular flexibility index (Phi) is 7.39. The number of methoxy groups -OCH3 is 3. The smallest absolute Gasteiger partial charge is 0.286 e. The minimum absolute atomic E-state index is 0.0980. The van der Waals surface area contributed by atoms with Gasteiger partial charge in [-0.3, -0.25) is 9.59 Å². The van der Waals surface area contributed by atoms with Gasteiger partial charge in [0.25, 0.3) is 11.8 Å². The van der Waals surface area contributed by atoms with Crippen molar-refractivity contribution in [2.24, 2.45) is 0 Å². The van der Waals surface area contributed by atoms with Crippen LogP contribution in [0.4, 0.5) is 5.69 Å². The maximum Gasteiger partial charge on any atom is 0.286 e. The van der Waals surface area contributed by atoms with Crippen LogP contribution in [0.2, 0.25) is 0 Å². The number of benzene rings is 2. The number of ether oxygens (including phenoxy) is 3. The number of anilines is 1. The summed E-state index contributed by atoms with van der Waals surface area (Å²) in [6.45, 7) is 0.390. The van der Waals surface area contributed by atoms with Crippen molar-refractivity contribution in [1.82, 2.24) is 15.5 Å². The average molecular weight is 442 g/mol. The summed E-state index contributed by atoms with van der Waals surface area (Å²) in [5.74, 6) is 1.13. The summed E-state index contributed by atoms with van der Waals surface area (Å²) in [5, 5.41) is 13.3. The molecule has 0 aliphatic carbocycles. The van der Waals surface area contributed by atoms with Crippen LogP contribution >= 0.6 is 11.3 Å². The second kappa shape index (κ2) is 10.4. The molecular weight excluding hydrogens is 420 g/mol. The van der Waals surface area contributed by atoms with Crippen molar-refractivity contribution >= 4 is 28.8 Å². The van der Waals surface area contributed by atoms with Gasteiger partial charge in [0.2, 0.25) is 10.0 Å². The quantitative estimate of drug-likeness (QED) is 0.524. The molecule has 0 saturated heterocycles. The molecule has 2 aromatic carbocycles. The number of carbonyl (C=O) groups excluding carboxylic acids is 2. The van der Waals surface area contributed by atoms with E-state index in [1.54, 1.807) is 45.6 Å². The Morgan fingerprint density at radius 2 is 1.55 bits per heavy atom. The molecule has 3 aromatic rings. The van der Waals surface area contributed by atoms with Crippen LogP contribution in [0.1, 0.15) is 25.2 Å². The lowest BCUT2D eigenvalue weighted by atomic mass is 10.1. The third-order valence-corrected chi connectivity index (χ3v) is 5.23. The van der Waals surface area contributed by atoms with Gasteiger partial charge in [0.1, 0.15) is 5.75 Å². The van der Waals surface area contributed by atoms with Gasteiger partial charge in [-0.1, -0.05) is 17.4 Å². The molecule has 0 fully saturated rings. The summed E-state index contributed by atoms with van der Waals surface area (Å²) >= 11 is 0.926. The van der Waals surface area contributed by atoms with E-state index in [2.05, 4.69) is 20.8 Å². The Labute approximate surface area is 183 Å². The molecule has 0 radical (unpaired) electrons. The Bertz CT molecular complexity index is 1050. The second-order valence-electron chi connectivity index (χ2n) is 6.29. The molecule has 2 amide bonds. The van der Waals surface area contributed by atoms with Gasteiger partial charge >= 0.3 is 0 Å². The summed E-state index contributed by atoms with van der Waals surface area (Å²) in [4.78, 5) is 24.7. The summed E-state index contributed by atoms with van der Waals surface area (Å²) in [7, 11) is 4.71. The molecule has 0 unspecified atom stereocenters. The number of nitrogens with one attached hydrogen (secondary N) is 2. The third kappa shape index (κ3) is 5.70. The fourth-order valence-corrected chi connectivity index (χ4v) is 3.35. The van der Waals surface area contributed by atoms with E-state index in [9.17, 15) is 9.59 Å². The third-order valence-electron chi connectivity index (χ3n) is 4.31. The highest BCUT2D eigenvalue weighted by Crippen LogP contribution is 2.27. The lowest BCUT2D eigenvalue weighted by Crippen LogP contribution is -2.25. The van der Waals surface area contributed by atoms with E-state index < -0.39 is 5.91 Å². The maximum absolute atomic E-state index is 12.3. The predicted molar refractivity (Wildman–Crippen MR) is 116 cm³/mol. The van der Waals surface area contributed by atoms with Gasteiger partial charge in [0.15, 0.2) is 11.5 Å². The fraction of sp³-hybridized carbons (Fsp3) is 0.238. The standard InChI is InChI=1S/C21H22N4O5S/c1-28-15-7-5-14(6-8-15)23-19(27)21-25-24-20(31-21)18(26)22-11-10-13-4-9-16(29-2)17(12-13)30-3/h4-9,12H,10-11H2,1-3H3,(H,22,26)(H,23,27). The highest BCUT2D eigenvalue weighted by molar-refractivity contribution is 7.15. The number of carbonyl (C=O) groups is 2. The van der Waals surface area contributed by atoms with Crippen molar-refractivity contribution in [3.63, 3.8) is 0 Å². The SMILES string of the molecule is COc1ccc(NC(=O)c2nnc(C(=O)NCCc3ccc(OC)c(OC)c3)s2)cc1. The maximum atomic E-state index is 12.3. The molecule has 1 heterocycles. The van der Waals surface area contributed by atoms with Crippen molar-refractivity contribution in [3.05, 3.63) is 58.0 Å². The van der Waals surface area contributed by atoms with E-state index in [0.717, 1.165) is 16.9 Å². The predicted octanol–water partition coefficient (Wildman–Crippen LogP) is 2.79. The Morgan fingerprint density at radius 1 is 0.871 bits per heavy atom. The van der Waals surface area contributed by atoms with Gasteiger partial charge in [-0.25, -0.2) is 0 Å². The molecule has 162 valence electrons. The zero-order valence-corrected chi connectivity index (χ0v) is 18.1. The fourth-order valence-electron chi connectivity index (χ4n) is 2.70. The first-order valence-corrected chi connectivity index (χ1v) is 10.1. The Hall–Kier alpha value is -3.66. The summed E-state index contributed by atoms with van der Waals surface area (Å²) in [6.07, 6.45) is 0.593. The molecule has 0 atom stereocenters. The summed E-state index contributed by atoms with van der Waals surface area (Å²) in [6, 6.07) is 12.4. The summed E-state index contributed by atoms with van der Waals surface area (Å²) < 4.78 is 15.6. The molecule has 0 aliphatic rings. The zero-order valence-electron chi connectivity index (χ0n) is 17.3. The molecule has 0 spiro atoms. The van der Waals surface area contributed by atoms with Gasteiger partial charge in [0.05, 0.1) is 21.3 Å². The van der Waals surface area contributed by atoms with Crippen molar-refractivity contribution < 1.29 is 23.8 Å².